The van der Waals surface area contributed by atoms with Crippen LogP contribution in [0.1, 0.15) is 38.6 Å². The smallest absolute Gasteiger partial charge is 0.171 e. The molecule has 4 heteroatoms. The molecule has 3 nitrogen and oxygen atoms in total. The first-order valence-corrected chi connectivity index (χ1v) is 6.10. The summed E-state index contributed by atoms with van der Waals surface area (Å²) in [5.74, 6) is 1.25. The lowest BCUT2D eigenvalue weighted by molar-refractivity contribution is 0.509. The van der Waals surface area contributed by atoms with E-state index in [-0.39, 0.29) is 0 Å². The van der Waals surface area contributed by atoms with Crippen molar-refractivity contribution in [3.05, 3.63) is 16.5 Å². The van der Waals surface area contributed by atoms with Crippen molar-refractivity contribution in [1.82, 2.24) is 9.97 Å². The second kappa shape index (κ2) is 5.48. The number of rotatable bonds is 4. The van der Waals surface area contributed by atoms with Crippen LogP contribution in [0.2, 0.25) is 5.15 Å². The molecule has 0 saturated heterocycles. The fourth-order valence-electron chi connectivity index (χ4n) is 1.58. The third-order valence-corrected chi connectivity index (χ3v) is 3.09. The zero-order chi connectivity index (χ0) is 12.3. The van der Waals surface area contributed by atoms with Crippen LogP contribution in [-0.4, -0.2) is 16.0 Å². The number of halogens is 1. The summed E-state index contributed by atoms with van der Waals surface area (Å²) in [6, 6.07) is 0.383. The number of aromatic nitrogens is 2. The third-order valence-electron chi connectivity index (χ3n) is 2.83. The average Bonchev–Trinajstić information content (AvgIpc) is 2.21. The third kappa shape index (κ3) is 3.08. The van der Waals surface area contributed by atoms with Crippen LogP contribution in [0.5, 0.6) is 0 Å². The van der Waals surface area contributed by atoms with E-state index in [2.05, 4.69) is 36.1 Å². The summed E-state index contributed by atoms with van der Waals surface area (Å²) in [5.41, 5.74) is 1.80. The highest BCUT2D eigenvalue weighted by molar-refractivity contribution is 6.31. The van der Waals surface area contributed by atoms with Gasteiger partial charge >= 0.3 is 0 Å². The molecule has 0 spiro atoms. The maximum atomic E-state index is 6.07. The molecule has 0 fully saturated rings. The molecule has 0 aromatic carbocycles. The molecule has 1 N–H and O–H groups in total. The van der Waals surface area contributed by atoms with Crippen LogP contribution in [0.25, 0.3) is 0 Å². The lowest BCUT2D eigenvalue weighted by atomic mass is 10.0. The predicted octanol–water partition coefficient (Wildman–Crippen LogP) is 3.59. The minimum atomic E-state index is 0.383. The van der Waals surface area contributed by atoms with Crippen molar-refractivity contribution < 1.29 is 0 Å². The van der Waals surface area contributed by atoms with Crippen molar-refractivity contribution >= 4 is 17.4 Å². The Morgan fingerprint density at radius 1 is 1.19 bits per heavy atom. The Hall–Kier alpha value is -0.830. The van der Waals surface area contributed by atoms with Crippen LogP contribution in [0, 0.1) is 19.8 Å². The highest BCUT2D eigenvalue weighted by Crippen LogP contribution is 2.21. The molecule has 0 saturated carbocycles. The minimum absolute atomic E-state index is 0.383. The lowest BCUT2D eigenvalue weighted by Gasteiger charge is -2.22. The SMILES string of the molecule is CCC(Nc1nc(C)c(C)nc1Cl)C(C)C. The summed E-state index contributed by atoms with van der Waals surface area (Å²) in [6.07, 6.45) is 1.04. The summed E-state index contributed by atoms with van der Waals surface area (Å²) >= 11 is 6.07. The van der Waals surface area contributed by atoms with E-state index < -0.39 is 0 Å². The first-order chi connectivity index (χ1) is 7.45. The van der Waals surface area contributed by atoms with Gasteiger partial charge in [-0.3, -0.25) is 0 Å². The monoisotopic (exact) mass is 241 g/mol. The molecule has 1 aromatic rings. The molecule has 0 bridgehead atoms. The molecule has 1 unspecified atom stereocenters. The molecule has 90 valence electrons. The second-order valence-electron chi connectivity index (χ2n) is 4.44. The van der Waals surface area contributed by atoms with Crippen LogP contribution in [0.3, 0.4) is 0 Å². The standard InChI is InChI=1S/C12H20ClN3/c1-6-10(7(2)3)16-12-11(13)14-8(4)9(5)15-12/h7,10H,6H2,1-5H3,(H,15,16). The van der Waals surface area contributed by atoms with E-state index in [4.69, 9.17) is 11.6 Å². The number of hydrogen-bond acceptors (Lipinski definition) is 3. The summed E-state index contributed by atoms with van der Waals surface area (Å²) < 4.78 is 0. The minimum Gasteiger partial charge on any atom is -0.365 e. The first-order valence-electron chi connectivity index (χ1n) is 5.73. The summed E-state index contributed by atoms with van der Waals surface area (Å²) in [5, 5.41) is 3.82. The maximum absolute atomic E-state index is 6.07. The second-order valence-corrected chi connectivity index (χ2v) is 4.79. The van der Waals surface area contributed by atoms with E-state index >= 15 is 0 Å². The largest absolute Gasteiger partial charge is 0.365 e. The van der Waals surface area contributed by atoms with Crippen LogP contribution in [-0.2, 0) is 0 Å². The van der Waals surface area contributed by atoms with Gasteiger partial charge in [0.05, 0.1) is 11.4 Å². The topological polar surface area (TPSA) is 37.8 Å². The molecule has 0 aliphatic rings. The molecular weight excluding hydrogens is 222 g/mol. The molecule has 1 atom stereocenters. The molecule has 16 heavy (non-hydrogen) atoms. The van der Waals surface area contributed by atoms with Gasteiger partial charge in [0, 0.05) is 6.04 Å². The number of nitrogens with one attached hydrogen (secondary N) is 1. The van der Waals surface area contributed by atoms with Gasteiger partial charge < -0.3 is 5.32 Å². The number of aryl methyl sites for hydroxylation is 2. The summed E-state index contributed by atoms with van der Waals surface area (Å²) in [6.45, 7) is 10.4. The van der Waals surface area contributed by atoms with E-state index in [1.165, 1.54) is 0 Å². The fourth-order valence-corrected chi connectivity index (χ4v) is 1.81. The van der Waals surface area contributed by atoms with E-state index in [1.807, 2.05) is 13.8 Å². The molecular formula is C12H20ClN3. The summed E-state index contributed by atoms with van der Waals surface area (Å²) in [7, 11) is 0. The Morgan fingerprint density at radius 2 is 1.75 bits per heavy atom. The van der Waals surface area contributed by atoms with Crippen LogP contribution in [0.4, 0.5) is 5.82 Å². The van der Waals surface area contributed by atoms with Gasteiger partial charge in [-0.1, -0.05) is 32.4 Å². The van der Waals surface area contributed by atoms with E-state index in [0.29, 0.717) is 22.9 Å². The van der Waals surface area contributed by atoms with E-state index in [9.17, 15) is 0 Å². The highest BCUT2D eigenvalue weighted by atomic mass is 35.5. The van der Waals surface area contributed by atoms with Crippen LogP contribution < -0.4 is 5.32 Å². The number of nitrogens with zero attached hydrogens (tertiary/aromatic N) is 2. The number of hydrogen-bond donors (Lipinski definition) is 1. The number of anilines is 1. The summed E-state index contributed by atoms with van der Waals surface area (Å²) in [4.78, 5) is 8.70. The van der Waals surface area contributed by atoms with Gasteiger partial charge in [-0.2, -0.15) is 0 Å². The normalized spacial score (nSPS) is 12.9. The predicted molar refractivity (Wildman–Crippen MR) is 69.1 cm³/mol. The quantitative estimate of drug-likeness (QED) is 0.876. The molecule has 0 amide bonds. The highest BCUT2D eigenvalue weighted by Gasteiger charge is 2.14. The lowest BCUT2D eigenvalue weighted by Crippen LogP contribution is -2.25. The van der Waals surface area contributed by atoms with Crippen molar-refractivity contribution in [2.24, 2.45) is 5.92 Å². The Labute approximate surface area is 103 Å². The van der Waals surface area contributed by atoms with Crippen molar-refractivity contribution in [2.75, 3.05) is 5.32 Å². The molecule has 1 rings (SSSR count). The van der Waals surface area contributed by atoms with Gasteiger partial charge in [0.1, 0.15) is 0 Å². The Morgan fingerprint density at radius 3 is 2.25 bits per heavy atom. The molecule has 1 aromatic heterocycles. The first kappa shape index (κ1) is 13.2. The van der Waals surface area contributed by atoms with Crippen molar-refractivity contribution in [3.8, 4) is 0 Å². The van der Waals surface area contributed by atoms with Gasteiger partial charge in [0.15, 0.2) is 11.0 Å². The Bertz CT molecular complexity index is 364. The fraction of sp³-hybridized carbons (Fsp3) is 0.667. The van der Waals surface area contributed by atoms with Gasteiger partial charge in [-0.25, -0.2) is 9.97 Å². The van der Waals surface area contributed by atoms with Crippen LogP contribution >= 0.6 is 11.6 Å². The van der Waals surface area contributed by atoms with Crippen LogP contribution in [0.15, 0.2) is 0 Å². The van der Waals surface area contributed by atoms with Crippen molar-refractivity contribution in [3.63, 3.8) is 0 Å². The maximum Gasteiger partial charge on any atom is 0.171 e. The van der Waals surface area contributed by atoms with Crippen molar-refractivity contribution in [2.45, 2.75) is 47.1 Å². The molecule has 1 heterocycles. The van der Waals surface area contributed by atoms with Gasteiger partial charge in [0.25, 0.3) is 0 Å². The average molecular weight is 242 g/mol. The van der Waals surface area contributed by atoms with Gasteiger partial charge in [-0.05, 0) is 26.2 Å². The zero-order valence-corrected chi connectivity index (χ0v) is 11.4. The molecule has 0 aliphatic carbocycles. The zero-order valence-electron chi connectivity index (χ0n) is 10.6. The van der Waals surface area contributed by atoms with E-state index in [0.717, 1.165) is 17.8 Å². The van der Waals surface area contributed by atoms with Crippen molar-refractivity contribution in [1.29, 1.82) is 0 Å². The molecule has 0 radical (unpaired) electrons. The van der Waals surface area contributed by atoms with E-state index in [1.54, 1.807) is 0 Å². The van der Waals surface area contributed by atoms with Gasteiger partial charge in [0.2, 0.25) is 0 Å². The Balaban J connectivity index is 2.92. The van der Waals surface area contributed by atoms with Gasteiger partial charge in [-0.15, -0.1) is 0 Å². The molecule has 0 aliphatic heterocycles. The Kier molecular flexibility index (Phi) is 4.54.